The number of rotatable bonds is 2. The number of nitrogens with one attached hydrogen (secondary N) is 1. The Balaban J connectivity index is 2.33. The predicted molar refractivity (Wildman–Crippen MR) is 79.7 cm³/mol. The fraction of sp³-hybridized carbons (Fsp3) is 0.133. The number of nitrogens with two attached hydrogens (primary N) is 1. The molecule has 0 radical (unpaired) electrons. The summed E-state index contributed by atoms with van der Waals surface area (Å²) in [5.41, 5.74) is 7.60. The average Bonchev–Trinajstić information content (AvgIpc) is 2.37. The number of carbonyl (C=O) groups excluding carboxylic acids is 1. The van der Waals surface area contributed by atoms with Gasteiger partial charge in [0, 0.05) is 5.69 Å². The van der Waals surface area contributed by atoms with Gasteiger partial charge in [-0.3, -0.25) is 4.79 Å². The number of halogens is 2. The van der Waals surface area contributed by atoms with Crippen LogP contribution in [0.15, 0.2) is 30.3 Å². The molecule has 0 heterocycles. The van der Waals surface area contributed by atoms with E-state index in [0.717, 1.165) is 5.56 Å². The maximum atomic E-state index is 14.0. The van der Waals surface area contributed by atoms with Crippen LogP contribution in [0.2, 0.25) is 5.02 Å². The second-order valence-corrected chi connectivity index (χ2v) is 5.04. The molecule has 0 saturated heterocycles. The normalized spacial score (nSPS) is 10.4. The highest BCUT2D eigenvalue weighted by atomic mass is 35.5. The number of amides is 1. The molecule has 104 valence electrons. The lowest BCUT2D eigenvalue weighted by Gasteiger charge is -2.10. The summed E-state index contributed by atoms with van der Waals surface area (Å²) >= 11 is 6.03. The van der Waals surface area contributed by atoms with Gasteiger partial charge < -0.3 is 11.1 Å². The van der Waals surface area contributed by atoms with Crippen molar-refractivity contribution in [1.29, 1.82) is 0 Å². The van der Waals surface area contributed by atoms with Crippen molar-refractivity contribution in [3.8, 4) is 0 Å². The summed E-state index contributed by atoms with van der Waals surface area (Å²) in [5.74, 6) is -1.16. The van der Waals surface area contributed by atoms with E-state index in [4.69, 9.17) is 17.3 Å². The van der Waals surface area contributed by atoms with Gasteiger partial charge in [-0.2, -0.15) is 0 Å². The van der Waals surface area contributed by atoms with E-state index in [0.29, 0.717) is 22.0 Å². The molecule has 20 heavy (non-hydrogen) atoms. The summed E-state index contributed by atoms with van der Waals surface area (Å²) < 4.78 is 14.0. The largest absolute Gasteiger partial charge is 0.399 e. The number of nitrogen functional groups attached to an aromatic ring is 1. The topological polar surface area (TPSA) is 55.1 Å². The molecule has 2 rings (SSSR count). The summed E-state index contributed by atoms with van der Waals surface area (Å²) in [6.45, 7) is 3.44. The molecule has 0 unspecified atom stereocenters. The second-order valence-electron chi connectivity index (χ2n) is 4.64. The monoisotopic (exact) mass is 292 g/mol. The van der Waals surface area contributed by atoms with Crippen LogP contribution in [-0.2, 0) is 0 Å². The second kappa shape index (κ2) is 5.51. The van der Waals surface area contributed by atoms with E-state index in [1.165, 1.54) is 12.1 Å². The highest BCUT2D eigenvalue weighted by molar-refractivity contribution is 6.34. The Kier molecular flexibility index (Phi) is 3.95. The fourth-order valence-electron chi connectivity index (χ4n) is 1.87. The number of carbonyl (C=O) groups is 1. The number of hydrogen-bond acceptors (Lipinski definition) is 2. The standard InChI is InChI=1S/C15H14ClFN2O/c1-8-3-4-13(12(16)5-8)19-15(20)11-7-10(18)6-9(2)14(11)17/h3-7H,18H2,1-2H3,(H,19,20). The zero-order valence-corrected chi connectivity index (χ0v) is 11.9. The molecule has 0 bridgehead atoms. The minimum absolute atomic E-state index is 0.0980. The van der Waals surface area contributed by atoms with E-state index in [1.807, 2.05) is 13.0 Å². The average molecular weight is 293 g/mol. The molecule has 2 aromatic carbocycles. The first kappa shape index (κ1) is 14.3. The molecular weight excluding hydrogens is 279 g/mol. The van der Waals surface area contributed by atoms with Gasteiger partial charge in [-0.05, 0) is 49.2 Å². The Hall–Kier alpha value is -2.07. The highest BCUT2D eigenvalue weighted by Gasteiger charge is 2.15. The zero-order chi connectivity index (χ0) is 14.9. The zero-order valence-electron chi connectivity index (χ0n) is 11.1. The lowest BCUT2D eigenvalue weighted by molar-refractivity contribution is 0.102. The van der Waals surface area contributed by atoms with Gasteiger partial charge in [0.25, 0.3) is 5.91 Å². The SMILES string of the molecule is Cc1ccc(NC(=O)c2cc(N)cc(C)c2F)c(Cl)c1. The van der Waals surface area contributed by atoms with Crippen LogP contribution < -0.4 is 11.1 Å². The van der Waals surface area contributed by atoms with Crippen molar-refractivity contribution in [1.82, 2.24) is 0 Å². The Morgan fingerprint density at radius 3 is 2.60 bits per heavy atom. The summed E-state index contributed by atoms with van der Waals surface area (Å²) in [6, 6.07) is 7.98. The minimum atomic E-state index is -0.583. The first-order chi connectivity index (χ1) is 9.38. The molecule has 0 aliphatic heterocycles. The Morgan fingerprint density at radius 2 is 1.95 bits per heavy atom. The maximum absolute atomic E-state index is 14.0. The maximum Gasteiger partial charge on any atom is 0.258 e. The summed E-state index contributed by atoms with van der Waals surface area (Å²) in [6.07, 6.45) is 0. The Labute approximate surface area is 121 Å². The third-order valence-electron chi connectivity index (χ3n) is 2.89. The lowest BCUT2D eigenvalue weighted by atomic mass is 10.1. The number of aryl methyl sites for hydroxylation is 2. The lowest BCUT2D eigenvalue weighted by Crippen LogP contribution is -2.15. The minimum Gasteiger partial charge on any atom is -0.399 e. The van der Waals surface area contributed by atoms with Gasteiger partial charge in [0.2, 0.25) is 0 Å². The van der Waals surface area contributed by atoms with Gasteiger partial charge >= 0.3 is 0 Å². The van der Waals surface area contributed by atoms with Crippen molar-refractivity contribution >= 4 is 28.9 Å². The number of benzene rings is 2. The third kappa shape index (κ3) is 2.91. The van der Waals surface area contributed by atoms with Gasteiger partial charge in [0.1, 0.15) is 5.82 Å². The molecular formula is C15H14ClFN2O. The van der Waals surface area contributed by atoms with Crippen molar-refractivity contribution in [3.63, 3.8) is 0 Å². The van der Waals surface area contributed by atoms with E-state index in [1.54, 1.807) is 19.1 Å². The van der Waals surface area contributed by atoms with Crippen molar-refractivity contribution in [2.45, 2.75) is 13.8 Å². The van der Waals surface area contributed by atoms with Gasteiger partial charge in [-0.1, -0.05) is 17.7 Å². The third-order valence-corrected chi connectivity index (χ3v) is 3.21. The molecule has 0 fully saturated rings. The molecule has 2 aromatic rings. The Morgan fingerprint density at radius 1 is 1.25 bits per heavy atom. The molecule has 3 N–H and O–H groups in total. The quantitative estimate of drug-likeness (QED) is 0.824. The van der Waals surface area contributed by atoms with E-state index in [9.17, 15) is 9.18 Å². The van der Waals surface area contributed by atoms with Crippen molar-refractivity contribution in [2.24, 2.45) is 0 Å². The summed E-state index contributed by atoms with van der Waals surface area (Å²) in [4.78, 5) is 12.1. The van der Waals surface area contributed by atoms with Crippen molar-refractivity contribution in [3.05, 3.63) is 57.9 Å². The van der Waals surface area contributed by atoms with Gasteiger partial charge in [-0.15, -0.1) is 0 Å². The molecule has 0 saturated carbocycles. The van der Waals surface area contributed by atoms with Gasteiger partial charge in [0.05, 0.1) is 16.3 Å². The molecule has 0 spiro atoms. The molecule has 0 aromatic heterocycles. The Bertz CT molecular complexity index is 686. The van der Waals surface area contributed by atoms with Crippen LogP contribution in [-0.4, -0.2) is 5.91 Å². The smallest absolute Gasteiger partial charge is 0.258 e. The van der Waals surface area contributed by atoms with Crippen LogP contribution in [0, 0.1) is 19.7 Å². The molecule has 3 nitrogen and oxygen atoms in total. The number of anilines is 2. The van der Waals surface area contributed by atoms with Crippen LogP contribution in [0.5, 0.6) is 0 Å². The van der Waals surface area contributed by atoms with Crippen LogP contribution in [0.4, 0.5) is 15.8 Å². The first-order valence-corrected chi connectivity index (χ1v) is 6.39. The summed E-state index contributed by atoms with van der Waals surface area (Å²) in [5, 5.41) is 2.98. The van der Waals surface area contributed by atoms with Gasteiger partial charge in [0.15, 0.2) is 0 Å². The molecule has 5 heteroatoms. The molecule has 0 atom stereocenters. The van der Waals surface area contributed by atoms with Crippen LogP contribution in [0.25, 0.3) is 0 Å². The number of hydrogen-bond donors (Lipinski definition) is 2. The first-order valence-electron chi connectivity index (χ1n) is 6.01. The van der Waals surface area contributed by atoms with Gasteiger partial charge in [-0.25, -0.2) is 4.39 Å². The highest BCUT2D eigenvalue weighted by Crippen LogP contribution is 2.24. The summed E-state index contributed by atoms with van der Waals surface area (Å²) in [7, 11) is 0. The van der Waals surface area contributed by atoms with Crippen molar-refractivity contribution in [2.75, 3.05) is 11.1 Å². The van der Waals surface area contributed by atoms with E-state index < -0.39 is 11.7 Å². The van der Waals surface area contributed by atoms with E-state index in [2.05, 4.69) is 5.32 Å². The van der Waals surface area contributed by atoms with E-state index >= 15 is 0 Å². The van der Waals surface area contributed by atoms with Crippen LogP contribution in [0.3, 0.4) is 0 Å². The molecule has 0 aliphatic rings. The van der Waals surface area contributed by atoms with Crippen LogP contribution >= 0.6 is 11.6 Å². The fourth-order valence-corrected chi connectivity index (χ4v) is 2.16. The predicted octanol–water partition coefficient (Wildman–Crippen LogP) is 3.93. The van der Waals surface area contributed by atoms with E-state index in [-0.39, 0.29) is 5.56 Å². The van der Waals surface area contributed by atoms with Crippen LogP contribution in [0.1, 0.15) is 21.5 Å². The molecule has 1 amide bonds. The molecule has 0 aliphatic carbocycles. The van der Waals surface area contributed by atoms with Crippen molar-refractivity contribution < 1.29 is 9.18 Å².